The number of halogens is 1. The molecule has 4 heteroatoms. The Morgan fingerprint density at radius 2 is 2.22 bits per heavy atom. The monoisotopic (exact) mass is 267 g/mol. The predicted octanol–water partition coefficient (Wildman–Crippen LogP) is 3.27. The lowest BCUT2D eigenvalue weighted by Gasteiger charge is -2.14. The summed E-state index contributed by atoms with van der Waals surface area (Å²) in [6.07, 6.45) is 3.28. The molecule has 3 nitrogen and oxygen atoms in total. The number of amides is 1. The number of hydrogen-bond donors (Lipinski definition) is 1. The van der Waals surface area contributed by atoms with E-state index in [1.54, 1.807) is 25.3 Å². The first-order valence-electron chi connectivity index (χ1n) is 6.24. The number of ether oxygens (including phenoxy) is 1. The standard InChI is InChI=1S/C14H18ClNO2/c1-9-3-5-11(7-9)16-14(17)12-8-10(15)4-6-13(12)18-2/h4,6,8-9,11H,3,5,7H2,1-2H3,(H,16,17). The SMILES string of the molecule is COc1ccc(Cl)cc1C(=O)NC1CCC(C)C1. The Balaban J connectivity index is 2.10. The van der Waals surface area contributed by atoms with E-state index in [2.05, 4.69) is 12.2 Å². The van der Waals surface area contributed by atoms with E-state index in [1.165, 1.54) is 6.42 Å². The van der Waals surface area contributed by atoms with E-state index in [4.69, 9.17) is 16.3 Å². The van der Waals surface area contributed by atoms with Crippen LogP contribution < -0.4 is 10.1 Å². The number of nitrogens with one attached hydrogen (secondary N) is 1. The third-order valence-electron chi connectivity index (χ3n) is 3.44. The first-order chi connectivity index (χ1) is 8.60. The summed E-state index contributed by atoms with van der Waals surface area (Å²) < 4.78 is 5.19. The zero-order chi connectivity index (χ0) is 13.1. The highest BCUT2D eigenvalue weighted by molar-refractivity contribution is 6.31. The molecular weight excluding hydrogens is 250 g/mol. The Kier molecular flexibility index (Phi) is 4.12. The van der Waals surface area contributed by atoms with Gasteiger partial charge in [0.15, 0.2) is 0 Å². The minimum atomic E-state index is -0.103. The van der Waals surface area contributed by atoms with Crippen molar-refractivity contribution in [2.24, 2.45) is 5.92 Å². The number of hydrogen-bond acceptors (Lipinski definition) is 2. The molecule has 0 bridgehead atoms. The van der Waals surface area contributed by atoms with Crippen LogP contribution in [0.2, 0.25) is 5.02 Å². The lowest BCUT2D eigenvalue weighted by atomic mass is 10.1. The van der Waals surface area contributed by atoms with Gasteiger partial charge in [-0.25, -0.2) is 0 Å². The van der Waals surface area contributed by atoms with Crippen molar-refractivity contribution in [1.29, 1.82) is 0 Å². The molecule has 2 atom stereocenters. The van der Waals surface area contributed by atoms with E-state index < -0.39 is 0 Å². The van der Waals surface area contributed by atoms with Gasteiger partial charge in [-0.1, -0.05) is 18.5 Å². The van der Waals surface area contributed by atoms with E-state index in [9.17, 15) is 4.79 Å². The molecule has 1 aliphatic carbocycles. The van der Waals surface area contributed by atoms with Crippen molar-refractivity contribution in [3.8, 4) is 5.75 Å². The molecule has 1 aliphatic rings. The first-order valence-corrected chi connectivity index (χ1v) is 6.62. The largest absolute Gasteiger partial charge is 0.496 e. The summed E-state index contributed by atoms with van der Waals surface area (Å²) in [5.74, 6) is 1.15. The molecular formula is C14H18ClNO2. The van der Waals surface area contributed by atoms with Crippen LogP contribution in [-0.2, 0) is 0 Å². The quantitative estimate of drug-likeness (QED) is 0.913. The number of benzene rings is 1. The summed E-state index contributed by atoms with van der Waals surface area (Å²) in [7, 11) is 1.55. The minimum absolute atomic E-state index is 0.103. The maximum Gasteiger partial charge on any atom is 0.255 e. The first kappa shape index (κ1) is 13.2. The van der Waals surface area contributed by atoms with Gasteiger partial charge in [0.1, 0.15) is 5.75 Å². The molecule has 1 aromatic carbocycles. The van der Waals surface area contributed by atoms with Crippen LogP contribution in [0.4, 0.5) is 0 Å². The minimum Gasteiger partial charge on any atom is -0.496 e. The molecule has 98 valence electrons. The molecule has 1 aromatic rings. The van der Waals surface area contributed by atoms with Gasteiger partial charge < -0.3 is 10.1 Å². The van der Waals surface area contributed by atoms with E-state index in [0.29, 0.717) is 22.3 Å². The number of carbonyl (C=O) groups is 1. The summed E-state index contributed by atoms with van der Waals surface area (Å²) in [6.45, 7) is 2.21. The Morgan fingerprint density at radius 1 is 1.44 bits per heavy atom. The third-order valence-corrected chi connectivity index (χ3v) is 3.67. The molecule has 0 heterocycles. The van der Waals surface area contributed by atoms with Crippen molar-refractivity contribution in [3.05, 3.63) is 28.8 Å². The van der Waals surface area contributed by atoms with Crippen molar-refractivity contribution < 1.29 is 9.53 Å². The summed E-state index contributed by atoms with van der Waals surface area (Å²) in [5.41, 5.74) is 0.504. The van der Waals surface area contributed by atoms with E-state index in [-0.39, 0.29) is 11.9 Å². The number of rotatable bonds is 3. The summed E-state index contributed by atoms with van der Waals surface area (Å²) in [6, 6.07) is 5.36. The average molecular weight is 268 g/mol. The van der Waals surface area contributed by atoms with E-state index >= 15 is 0 Å². The van der Waals surface area contributed by atoms with Crippen molar-refractivity contribution in [2.75, 3.05) is 7.11 Å². The van der Waals surface area contributed by atoms with Gasteiger partial charge in [0, 0.05) is 11.1 Å². The summed E-state index contributed by atoms with van der Waals surface area (Å²) in [4.78, 5) is 12.2. The van der Waals surface area contributed by atoms with Gasteiger partial charge in [0.05, 0.1) is 12.7 Å². The lowest BCUT2D eigenvalue weighted by molar-refractivity contribution is 0.0934. The topological polar surface area (TPSA) is 38.3 Å². The molecule has 2 unspecified atom stereocenters. The maximum absolute atomic E-state index is 12.2. The van der Waals surface area contributed by atoms with Crippen LogP contribution in [0.5, 0.6) is 5.75 Å². The highest BCUT2D eigenvalue weighted by Crippen LogP contribution is 2.26. The Labute approximate surface area is 112 Å². The number of methoxy groups -OCH3 is 1. The molecule has 1 fully saturated rings. The number of carbonyl (C=O) groups excluding carboxylic acids is 1. The van der Waals surface area contributed by atoms with Crippen LogP contribution in [0, 0.1) is 5.92 Å². The van der Waals surface area contributed by atoms with Crippen molar-refractivity contribution in [1.82, 2.24) is 5.32 Å². The highest BCUT2D eigenvalue weighted by atomic mass is 35.5. The van der Waals surface area contributed by atoms with Gasteiger partial charge >= 0.3 is 0 Å². The van der Waals surface area contributed by atoms with Crippen LogP contribution >= 0.6 is 11.6 Å². The highest BCUT2D eigenvalue weighted by Gasteiger charge is 2.24. The Hall–Kier alpha value is -1.22. The van der Waals surface area contributed by atoms with Gasteiger partial charge in [0.25, 0.3) is 5.91 Å². The maximum atomic E-state index is 12.2. The molecule has 1 saturated carbocycles. The van der Waals surface area contributed by atoms with Crippen molar-refractivity contribution in [2.45, 2.75) is 32.2 Å². The fourth-order valence-corrected chi connectivity index (χ4v) is 2.63. The fourth-order valence-electron chi connectivity index (χ4n) is 2.46. The third kappa shape index (κ3) is 2.96. The van der Waals surface area contributed by atoms with E-state index in [0.717, 1.165) is 12.8 Å². The fraction of sp³-hybridized carbons (Fsp3) is 0.500. The van der Waals surface area contributed by atoms with Gasteiger partial charge in [-0.3, -0.25) is 4.79 Å². The summed E-state index contributed by atoms with van der Waals surface area (Å²) in [5, 5.41) is 3.59. The summed E-state index contributed by atoms with van der Waals surface area (Å²) >= 11 is 5.92. The van der Waals surface area contributed by atoms with Gasteiger partial charge in [0.2, 0.25) is 0 Å². The van der Waals surface area contributed by atoms with Crippen molar-refractivity contribution in [3.63, 3.8) is 0 Å². The zero-order valence-corrected chi connectivity index (χ0v) is 11.5. The van der Waals surface area contributed by atoms with Gasteiger partial charge in [-0.05, 0) is 43.4 Å². The second kappa shape index (κ2) is 5.61. The molecule has 1 amide bonds. The Morgan fingerprint density at radius 3 is 2.83 bits per heavy atom. The molecule has 0 radical (unpaired) electrons. The molecule has 0 spiro atoms. The van der Waals surface area contributed by atoms with Crippen LogP contribution in [0.15, 0.2) is 18.2 Å². The molecule has 0 saturated heterocycles. The van der Waals surface area contributed by atoms with Crippen LogP contribution in [-0.4, -0.2) is 19.1 Å². The lowest BCUT2D eigenvalue weighted by Crippen LogP contribution is -2.33. The van der Waals surface area contributed by atoms with Gasteiger partial charge in [-0.15, -0.1) is 0 Å². The van der Waals surface area contributed by atoms with Crippen molar-refractivity contribution >= 4 is 17.5 Å². The predicted molar refractivity (Wildman–Crippen MR) is 72.3 cm³/mol. The molecule has 2 rings (SSSR count). The van der Waals surface area contributed by atoms with Crippen LogP contribution in [0.3, 0.4) is 0 Å². The second-order valence-electron chi connectivity index (χ2n) is 4.93. The normalized spacial score (nSPS) is 22.8. The second-order valence-corrected chi connectivity index (χ2v) is 5.37. The van der Waals surface area contributed by atoms with Crippen LogP contribution in [0.25, 0.3) is 0 Å². The Bertz CT molecular complexity index is 447. The molecule has 0 aliphatic heterocycles. The molecule has 1 N–H and O–H groups in total. The van der Waals surface area contributed by atoms with Crippen LogP contribution in [0.1, 0.15) is 36.5 Å². The van der Waals surface area contributed by atoms with Gasteiger partial charge in [-0.2, -0.15) is 0 Å². The molecule has 18 heavy (non-hydrogen) atoms. The smallest absolute Gasteiger partial charge is 0.255 e. The average Bonchev–Trinajstić information content (AvgIpc) is 2.74. The zero-order valence-electron chi connectivity index (χ0n) is 10.7. The molecule has 0 aromatic heterocycles. The van der Waals surface area contributed by atoms with E-state index in [1.807, 2.05) is 0 Å².